The van der Waals surface area contributed by atoms with Crippen LogP contribution in [0.25, 0.3) is 0 Å². The summed E-state index contributed by atoms with van der Waals surface area (Å²) in [5, 5.41) is 6.39. The molecule has 4 aliphatic rings. The lowest BCUT2D eigenvalue weighted by Crippen LogP contribution is -2.51. The summed E-state index contributed by atoms with van der Waals surface area (Å²) < 4.78 is 0. The molecule has 0 saturated heterocycles. The number of benzene rings is 1. The number of halogens is 1. The van der Waals surface area contributed by atoms with Crippen LogP contribution >= 0.6 is 11.6 Å². The first kappa shape index (κ1) is 15.1. The molecule has 2 amide bonds. The first-order valence-electron chi connectivity index (χ1n) is 8.61. The molecule has 0 heterocycles. The molecule has 0 radical (unpaired) electrons. The number of urea groups is 1. The minimum atomic E-state index is -0.174. The highest BCUT2D eigenvalue weighted by Gasteiger charge is 2.50. The molecule has 5 rings (SSSR count). The maximum atomic E-state index is 12.2. The fraction of sp³-hybridized carbons (Fsp3) is 0.611. The number of anilines is 2. The number of nitrogens with one attached hydrogen (secondary N) is 2. The molecule has 0 aliphatic heterocycles. The van der Waals surface area contributed by atoms with Crippen molar-refractivity contribution in [2.24, 2.45) is 23.2 Å². The second kappa shape index (κ2) is 5.59. The van der Waals surface area contributed by atoms with Crippen molar-refractivity contribution in [2.75, 3.05) is 17.6 Å². The fourth-order valence-electron chi connectivity index (χ4n) is 5.57. The molecule has 4 nitrogen and oxygen atoms in total. The molecule has 4 fully saturated rings. The molecule has 4 saturated carbocycles. The molecule has 0 aromatic heterocycles. The van der Waals surface area contributed by atoms with Gasteiger partial charge in [0.25, 0.3) is 0 Å². The zero-order valence-electron chi connectivity index (χ0n) is 13.3. The Morgan fingerprint density at radius 2 is 1.78 bits per heavy atom. The molecule has 5 heteroatoms. The molecule has 4 N–H and O–H groups in total. The zero-order valence-corrected chi connectivity index (χ0v) is 14.0. The molecular weight excluding hydrogens is 310 g/mol. The van der Waals surface area contributed by atoms with Crippen LogP contribution in [0.3, 0.4) is 0 Å². The highest BCUT2D eigenvalue weighted by atomic mass is 35.5. The van der Waals surface area contributed by atoms with Crippen LogP contribution in [-0.4, -0.2) is 12.6 Å². The second-order valence-corrected chi connectivity index (χ2v) is 8.37. The first-order valence-corrected chi connectivity index (χ1v) is 8.99. The minimum Gasteiger partial charge on any atom is -0.399 e. The van der Waals surface area contributed by atoms with Gasteiger partial charge in [-0.3, -0.25) is 0 Å². The van der Waals surface area contributed by atoms with Crippen LogP contribution in [0.5, 0.6) is 0 Å². The van der Waals surface area contributed by atoms with Gasteiger partial charge in [0.05, 0.1) is 10.7 Å². The van der Waals surface area contributed by atoms with Crippen molar-refractivity contribution >= 4 is 29.0 Å². The van der Waals surface area contributed by atoms with Crippen LogP contribution in [0.4, 0.5) is 16.2 Å². The Bertz CT molecular complexity index is 595. The third kappa shape index (κ3) is 3.01. The summed E-state index contributed by atoms with van der Waals surface area (Å²) >= 11 is 6.11. The summed E-state index contributed by atoms with van der Waals surface area (Å²) in [5.74, 6) is 2.70. The Kier molecular flexibility index (Phi) is 3.67. The molecule has 1 aromatic carbocycles. The van der Waals surface area contributed by atoms with Gasteiger partial charge in [0.1, 0.15) is 0 Å². The van der Waals surface area contributed by atoms with E-state index < -0.39 is 0 Å². The average Bonchev–Trinajstić information content (AvgIpc) is 2.47. The number of carbonyl (C=O) groups is 1. The lowest BCUT2D eigenvalue weighted by molar-refractivity contribution is -0.0496. The molecule has 4 bridgehead atoms. The normalized spacial score (nSPS) is 34.4. The Hall–Kier alpha value is -1.42. The van der Waals surface area contributed by atoms with Crippen LogP contribution in [0.2, 0.25) is 5.02 Å². The fourth-order valence-corrected chi connectivity index (χ4v) is 5.81. The van der Waals surface area contributed by atoms with Gasteiger partial charge in [0.2, 0.25) is 0 Å². The van der Waals surface area contributed by atoms with Crippen molar-refractivity contribution in [3.05, 3.63) is 23.2 Å². The molecule has 1 aromatic rings. The number of hydrogen-bond donors (Lipinski definition) is 3. The SMILES string of the molecule is Nc1ccc(NC(=O)NCC23CC4CC(CC(C4)C2)C3)c(Cl)c1. The summed E-state index contributed by atoms with van der Waals surface area (Å²) in [7, 11) is 0. The quantitative estimate of drug-likeness (QED) is 0.723. The lowest BCUT2D eigenvalue weighted by Gasteiger charge is -2.56. The van der Waals surface area contributed by atoms with Crippen molar-refractivity contribution in [2.45, 2.75) is 38.5 Å². The van der Waals surface area contributed by atoms with Gasteiger partial charge >= 0.3 is 6.03 Å². The predicted octanol–water partition coefficient (Wildman–Crippen LogP) is 4.26. The van der Waals surface area contributed by atoms with E-state index >= 15 is 0 Å². The highest BCUT2D eigenvalue weighted by Crippen LogP contribution is 2.59. The maximum absolute atomic E-state index is 12.2. The Morgan fingerprint density at radius 3 is 2.35 bits per heavy atom. The Balaban J connectivity index is 1.36. The third-order valence-electron chi connectivity index (χ3n) is 6.03. The van der Waals surface area contributed by atoms with E-state index in [1.165, 1.54) is 38.5 Å². The van der Waals surface area contributed by atoms with Gasteiger partial charge in [0.15, 0.2) is 0 Å². The van der Waals surface area contributed by atoms with Crippen LogP contribution < -0.4 is 16.4 Å². The number of nitrogens with two attached hydrogens (primary N) is 1. The first-order chi connectivity index (χ1) is 11.0. The van der Waals surface area contributed by atoms with E-state index in [1.807, 2.05) is 0 Å². The Labute approximate surface area is 142 Å². The summed E-state index contributed by atoms with van der Waals surface area (Å²) in [4.78, 5) is 12.2. The number of nitrogen functional groups attached to an aromatic ring is 1. The van der Waals surface area contributed by atoms with Gasteiger partial charge in [-0.1, -0.05) is 11.6 Å². The van der Waals surface area contributed by atoms with Crippen molar-refractivity contribution in [3.8, 4) is 0 Å². The van der Waals surface area contributed by atoms with E-state index in [4.69, 9.17) is 17.3 Å². The van der Waals surface area contributed by atoms with Gasteiger partial charge in [-0.15, -0.1) is 0 Å². The largest absolute Gasteiger partial charge is 0.399 e. The minimum absolute atomic E-state index is 0.174. The van der Waals surface area contributed by atoms with Crippen molar-refractivity contribution in [1.29, 1.82) is 0 Å². The average molecular weight is 334 g/mol. The van der Waals surface area contributed by atoms with Gasteiger partial charge in [-0.2, -0.15) is 0 Å². The number of carbonyl (C=O) groups excluding carboxylic acids is 1. The van der Waals surface area contributed by atoms with Crippen molar-refractivity contribution < 1.29 is 4.79 Å². The van der Waals surface area contributed by atoms with Crippen molar-refractivity contribution in [1.82, 2.24) is 5.32 Å². The van der Waals surface area contributed by atoms with E-state index in [9.17, 15) is 4.79 Å². The van der Waals surface area contributed by atoms with Gasteiger partial charge in [-0.25, -0.2) is 4.79 Å². The molecule has 0 spiro atoms. The smallest absolute Gasteiger partial charge is 0.319 e. The topological polar surface area (TPSA) is 67.1 Å². The maximum Gasteiger partial charge on any atom is 0.319 e. The van der Waals surface area contributed by atoms with E-state index in [1.54, 1.807) is 18.2 Å². The van der Waals surface area contributed by atoms with Crippen LogP contribution in [0.15, 0.2) is 18.2 Å². The van der Waals surface area contributed by atoms with Crippen molar-refractivity contribution in [3.63, 3.8) is 0 Å². The molecular formula is C18H24ClN3O. The summed E-state index contributed by atoms with van der Waals surface area (Å²) in [6.45, 7) is 0.787. The summed E-state index contributed by atoms with van der Waals surface area (Å²) in [5.41, 5.74) is 7.21. The Morgan fingerprint density at radius 1 is 1.17 bits per heavy atom. The van der Waals surface area contributed by atoms with Crippen LogP contribution in [0.1, 0.15) is 38.5 Å². The molecule has 0 atom stereocenters. The molecule has 23 heavy (non-hydrogen) atoms. The van der Waals surface area contributed by atoms with E-state index in [2.05, 4.69) is 10.6 Å². The van der Waals surface area contributed by atoms with E-state index in [0.29, 0.717) is 21.8 Å². The monoisotopic (exact) mass is 333 g/mol. The van der Waals surface area contributed by atoms with Crippen LogP contribution in [-0.2, 0) is 0 Å². The number of amides is 2. The second-order valence-electron chi connectivity index (χ2n) is 7.96. The molecule has 124 valence electrons. The van der Waals surface area contributed by atoms with E-state index in [0.717, 1.165) is 24.3 Å². The van der Waals surface area contributed by atoms with Gasteiger partial charge in [0, 0.05) is 12.2 Å². The highest BCUT2D eigenvalue weighted by molar-refractivity contribution is 6.34. The van der Waals surface area contributed by atoms with Gasteiger partial charge < -0.3 is 16.4 Å². The summed E-state index contributed by atoms with van der Waals surface area (Å²) in [6.07, 6.45) is 8.15. The summed E-state index contributed by atoms with van der Waals surface area (Å²) in [6, 6.07) is 4.95. The predicted molar refractivity (Wildman–Crippen MR) is 93.5 cm³/mol. The van der Waals surface area contributed by atoms with E-state index in [-0.39, 0.29) is 6.03 Å². The number of hydrogen-bond acceptors (Lipinski definition) is 2. The zero-order chi connectivity index (χ0) is 16.0. The molecule has 0 unspecified atom stereocenters. The van der Waals surface area contributed by atoms with Crippen LogP contribution in [0, 0.1) is 23.2 Å². The molecule has 4 aliphatic carbocycles. The third-order valence-corrected chi connectivity index (χ3v) is 6.34. The van der Waals surface area contributed by atoms with Gasteiger partial charge in [-0.05, 0) is 79.9 Å². The standard InChI is InChI=1S/C18H24ClN3O/c19-15-6-14(20)1-2-16(15)22-17(23)21-10-18-7-11-3-12(8-18)5-13(4-11)9-18/h1-2,6,11-13H,3-5,7-10,20H2,(H2,21,22,23). The number of rotatable bonds is 3. The lowest BCUT2D eigenvalue weighted by atomic mass is 9.49.